The van der Waals surface area contributed by atoms with Gasteiger partial charge >= 0.3 is 0 Å². The van der Waals surface area contributed by atoms with Crippen molar-refractivity contribution in [1.29, 1.82) is 0 Å². The molecule has 3 N–H and O–H groups in total. The van der Waals surface area contributed by atoms with E-state index < -0.39 is 0 Å². The predicted molar refractivity (Wildman–Crippen MR) is 90.7 cm³/mol. The third-order valence-electron chi connectivity index (χ3n) is 2.94. The molecule has 0 fully saturated rings. The van der Waals surface area contributed by atoms with E-state index >= 15 is 0 Å². The lowest BCUT2D eigenvalue weighted by Crippen LogP contribution is -2.10. The largest absolute Gasteiger partial charge is 0.399 e. The van der Waals surface area contributed by atoms with Crippen LogP contribution in [0.25, 0.3) is 10.1 Å². The fourth-order valence-electron chi connectivity index (χ4n) is 1.95. The van der Waals surface area contributed by atoms with Crippen LogP contribution < -0.4 is 11.1 Å². The van der Waals surface area contributed by atoms with Crippen LogP contribution in [0.2, 0.25) is 10.0 Å². The molecule has 106 valence electrons. The molecule has 0 aliphatic heterocycles. The zero-order chi connectivity index (χ0) is 15.0. The summed E-state index contributed by atoms with van der Waals surface area (Å²) in [7, 11) is 0. The van der Waals surface area contributed by atoms with Crippen molar-refractivity contribution in [3.63, 3.8) is 0 Å². The smallest absolute Gasteiger partial charge is 0.265 e. The van der Waals surface area contributed by atoms with Crippen LogP contribution in [-0.4, -0.2) is 5.91 Å². The van der Waals surface area contributed by atoms with Crippen molar-refractivity contribution >= 4 is 61.9 Å². The number of halogens is 2. The van der Waals surface area contributed by atoms with Gasteiger partial charge < -0.3 is 11.1 Å². The zero-order valence-corrected chi connectivity index (χ0v) is 13.0. The summed E-state index contributed by atoms with van der Waals surface area (Å²) in [5.74, 6) is -0.209. The molecule has 3 nitrogen and oxygen atoms in total. The summed E-state index contributed by atoms with van der Waals surface area (Å²) in [5.41, 5.74) is 6.95. The fourth-order valence-corrected chi connectivity index (χ4v) is 3.34. The molecule has 0 saturated carbocycles. The van der Waals surface area contributed by atoms with Gasteiger partial charge in [-0.3, -0.25) is 4.79 Å². The van der Waals surface area contributed by atoms with Gasteiger partial charge in [-0.2, -0.15) is 0 Å². The second-order valence-corrected chi connectivity index (χ2v) is 6.41. The van der Waals surface area contributed by atoms with Crippen molar-refractivity contribution in [3.8, 4) is 0 Å². The second-order valence-electron chi connectivity index (χ2n) is 4.49. The van der Waals surface area contributed by atoms with Crippen LogP contribution in [0, 0.1) is 0 Å². The molecule has 21 heavy (non-hydrogen) atoms. The quantitative estimate of drug-likeness (QED) is 0.644. The minimum atomic E-state index is -0.209. The Balaban J connectivity index is 1.89. The molecule has 1 amide bonds. The maximum absolute atomic E-state index is 12.3. The van der Waals surface area contributed by atoms with Crippen molar-refractivity contribution in [2.45, 2.75) is 0 Å². The lowest BCUT2D eigenvalue weighted by molar-refractivity contribution is 0.103. The Bertz CT molecular complexity index is 845. The number of hydrogen-bond acceptors (Lipinski definition) is 3. The van der Waals surface area contributed by atoms with E-state index in [2.05, 4.69) is 5.32 Å². The van der Waals surface area contributed by atoms with Gasteiger partial charge in [0.05, 0.1) is 15.6 Å². The third-order valence-corrected chi connectivity index (χ3v) is 4.61. The van der Waals surface area contributed by atoms with E-state index in [-0.39, 0.29) is 5.91 Å². The molecule has 3 aromatic rings. The highest BCUT2D eigenvalue weighted by molar-refractivity contribution is 7.20. The van der Waals surface area contributed by atoms with Crippen molar-refractivity contribution < 1.29 is 4.79 Å². The number of amides is 1. The Kier molecular flexibility index (Phi) is 3.76. The summed E-state index contributed by atoms with van der Waals surface area (Å²) >= 11 is 13.3. The number of benzene rings is 2. The van der Waals surface area contributed by atoms with Gasteiger partial charge in [0.2, 0.25) is 0 Å². The molecule has 0 spiro atoms. The van der Waals surface area contributed by atoms with Gasteiger partial charge in [-0.1, -0.05) is 23.2 Å². The van der Waals surface area contributed by atoms with E-state index in [1.165, 1.54) is 11.3 Å². The average Bonchev–Trinajstić information content (AvgIpc) is 2.85. The first-order valence-electron chi connectivity index (χ1n) is 6.08. The van der Waals surface area contributed by atoms with Gasteiger partial charge in [-0.15, -0.1) is 11.3 Å². The van der Waals surface area contributed by atoms with Gasteiger partial charge in [0.25, 0.3) is 5.91 Å². The lowest BCUT2D eigenvalue weighted by atomic mass is 10.2. The van der Waals surface area contributed by atoms with Gasteiger partial charge in [0.1, 0.15) is 0 Å². The minimum Gasteiger partial charge on any atom is -0.399 e. The van der Waals surface area contributed by atoms with Gasteiger partial charge in [0.15, 0.2) is 0 Å². The lowest BCUT2D eigenvalue weighted by Gasteiger charge is -2.05. The molecule has 0 unspecified atom stereocenters. The fraction of sp³-hybridized carbons (Fsp3) is 0. The Morgan fingerprint density at radius 2 is 1.90 bits per heavy atom. The summed E-state index contributed by atoms with van der Waals surface area (Å²) in [5, 5.41) is 4.66. The first-order valence-corrected chi connectivity index (χ1v) is 7.65. The summed E-state index contributed by atoms with van der Waals surface area (Å²) in [6.45, 7) is 0. The molecule has 0 aliphatic carbocycles. The predicted octanol–water partition coefficient (Wildman–Crippen LogP) is 5.04. The molecule has 1 heterocycles. The Morgan fingerprint density at radius 1 is 1.10 bits per heavy atom. The first kappa shape index (κ1) is 14.2. The van der Waals surface area contributed by atoms with E-state index in [0.717, 1.165) is 10.1 Å². The Hall–Kier alpha value is -1.75. The number of nitrogens with one attached hydrogen (secondary N) is 1. The molecular formula is C15H10Cl2N2OS. The van der Waals surface area contributed by atoms with E-state index in [1.807, 2.05) is 24.3 Å². The zero-order valence-electron chi connectivity index (χ0n) is 10.7. The van der Waals surface area contributed by atoms with Gasteiger partial charge in [-0.25, -0.2) is 0 Å². The number of nitrogens with two attached hydrogens (primary N) is 1. The highest BCUT2D eigenvalue weighted by Crippen LogP contribution is 2.30. The molecular weight excluding hydrogens is 327 g/mol. The van der Waals surface area contributed by atoms with Crippen LogP contribution in [0.5, 0.6) is 0 Å². The summed E-state index contributed by atoms with van der Waals surface area (Å²) in [6.07, 6.45) is 0. The number of carbonyl (C=O) groups excluding carboxylic acids is 1. The molecule has 3 rings (SSSR count). The first-order chi connectivity index (χ1) is 10.0. The summed E-state index contributed by atoms with van der Waals surface area (Å²) in [4.78, 5) is 12.9. The van der Waals surface area contributed by atoms with Gasteiger partial charge in [-0.05, 0) is 47.9 Å². The molecule has 0 saturated heterocycles. The molecule has 0 radical (unpaired) electrons. The highest BCUT2D eigenvalue weighted by atomic mass is 35.5. The Morgan fingerprint density at radius 3 is 2.67 bits per heavy atom. The number of thiophene rings is 1. The van der Waals surface area contributed by atoms with E-state index in [0.29, 0.717) is 26.3 Å². The SMILES string of the molecule is Nc1ccc2sc(C(=O)Nc3ccc(Cl)cc3Cl)cc2c1. The molecule has 0 aliphatic rings. The maximum Gasteiger partial charge on any atom is 0.265 e. The van der Waals surface area contributed by atoms with E-state index in [4.69, 9.17) is 28.9 Å². The minimum absolute atomic E-state index is 0.209. The topological polar surface area (TPSA) is 55.1 Å². The number of hydrogen-bond donors (Lipinski definition) is 2. The molecule has 0 atom stereocenters. The standard InChI is InChI=1S/C15H10Cl2N2OS/c16-9-1-3-12(11(17)7-9)19-15(20)14-6-8-5-10(18)2-4-13(8)21-14/h1-7H,18H2,(H,19,20). The number of fused-ring (bicyclic) bond motifs is 1. The number of nitrogen functional groups attached to an aromatic ring is 1. The Labute approximate surface area is 135 Å². The highest BCUT2D eigenvalue weighted by Gasteiger charge is 2.12. The van der Waals surface area contributed by atoms with Crippen molar-refractivity contribution in [1.82, 2.24) is 0 Å². The summed E-state index contributed by atoms with van der Waals surface area (Å²) in [6, 6.07) is 12.3. The van der Waals surface area contributed by atoms with Crippen molar-refractivity contribution in [2.24, 2.45) is 0 Å². The number of anilines is 2. The van der Waals surface area contributed by atoms with Crippen LogP contribution in [0.15, 0.2) is 42.5 Å². The third kappa shape index (κ3) is 2.97. The van der Waals surface area contributed by atoms with Crippen LogP contribution in [0.4, 0.5) is 11.4 Å². The summed E-state index contributed by atoms with van der Waals surface area (Å²) < 4.78 is 1.01. The molecule has 0 bridgehead atoms. The average molecular weight is 337 g/mol. The number of carbonyl (C=O) groups is 1. The second kappa shape index (κ2) is 5.56. The number of rotatable bonds is 2. The monoisotopic (exact) mass is 336 g/mol. The van der Waals surface area contributed by atoms with Crippen LogP contribution in [-0.2, 0) is 0 Å². The van der Waals surface area contributed by atoms with Crippen LogP contribution in [0.1, 0.15) is 9.67 Å². The van der Waals surface area contributed by atoms with E-state index in [9.17, 15) is 4.79 Å². The van der Waals surface area contributed by atoms with Crippen molar-refractivity contribution in [2.75, 3.05) is 11.1 Å². The van der Waals surface area contributed by atoms with Crippen LogP contribution in [0.3, 0.4) is 0 Å². The molecule has 2 aromatic carbocycles. The molecule has 6 heteroatoms. The van der Waals surface area contributed by atoms with Gasteiger partial charge in [0, 0.05) is 15.4 Å². The van der Waals surface area contributed by atoms with Crippen molar-refractivity contribution in [3.05, 3.63) is 57.4 Å². The normalized spacial score (nSPS) is 10.8. The maximum atomic E-state index is 12.3. The molecule has 1 aromatic heterocycles. The van der Waals surface area contributed by atoms with E-state index in [1.54, 1.807) is 18.2 Å². The van der Waals surface area contributed by atoms with Crippen LogP contribution >= 0.6 is 34.5 Å².